The number of carbonyl (C=O) groups excluding carboxylic acids is 1. The molecule has 0 atom stereocenters. The molecule has 0 saturated heterocycles. The van der Waals surface area contributed by atoms with Gasteiger partial charge in [0.25, 0.3) is 5.91 Å². The molecule has 0 saturated carbocycles. The minimum atomic E-state index is -3.87. The molecule has 9 heteroatoms. The Morgan fingerprint density at radius 1 is 1.28 bits per heavy atom. The number of nitrogens with one attached hydrogen (secondary N) is 1. The Balaban J connectivity index is 2.14. The van der Waals surface area contributed by atoms with Crippen LogP contribution in [-0.2, 0) is 14.8 Å². The van der Waals surface area contributed by atoms with E-state index in [1.807, 2.05) is 0 Å². The maximum absolute atomic E-state index is 12.1. The second-order valence-electron chi connectivity index (χ2n) is 5.37. The van der Waals surface area contributed by atoms with Gasteiger partial charge in [-0.1, -0.05) is 27.5 Å². The Bertz CT molecular complexity index is 932. The highest BCUT2D eigenvalue weighted by Crippen LogP contribution is 2.28. The van der Waals surface area contributed by atoms with Crippen LogP contribution in [0.25, 0.3) is 0 Å². The molecule has 3 N–H and O–H groups in total. The van der Waals surface area contributed by atoms with E-state index in [2.05, 4.69) is 21.2 Å². The number of hydrogen-bond acceptors (Lipinski definition) is 4. The summed E-state index contributed by atoms with van der Waals surface area (Å²) in [4.78, 5) is 12.1. The molecule has 0 aliphatic rings. The number of anilines is 1. The third-order valence-electron chi connectivity index (χ3n) is 3.50. The zero-order chi connectivity index (χ0) is 18.8. The quantitative estimate of drug-likeness (QED) is 0.734. The summed E-state index contributed by atoms with van der Waals surface area (Å²) in [5.41, 5.74) is 1.79. The van der Waals surface area contributed by atoms with E-state index in [1.54, 1.807) is 32.0 Å². The fourth-order valence-electron chi connectivity index (χ4n) is 2.04. The Labute approximate surface area is 159 Å². The van der Waals surface area contributed by atoms with Gasteiger partial charge in [-0.25, -0.2) is 13.6 Å². The number of benzene rings is 2. The molecule has 2 aromatic carbocycles. The molecule has 134 valence electrons. The first-order valence-corrected chi connectivity index (χ1v) is 9.81. The number of halogens is 2. The summed E-state index contributed by atoms with van der Waals surface area (Å²) in [7, 11) is -3.87. The van der Waals surface area contributed by atoms with E-state index in [-0.39, 0.29) is 11.5 Å². The highest BCUT2D eigenvalue weighted by Gasteiger charge is 2.15. The van der Waals surface area contributed by atoms with Gasteiger partial charge in [0.2, 0.25) is 10.0 Å². The molecular weight excluding hydrogens is 432 g/mol. The Kier molecular flexibility index (Phi) is 6.10. The lowest BCUT2D eigenvalue weighted by Crippen LogP contribution is -2.21. The summed E-state index contributed by atoms with van der Waals surface area (Å²) in [5.74, 6) is -0.0840. The molecule has 2 aromatic rings. The number of rotatable bonds is 5. The van der Waals surface area contributed by atoms with E-state index in [0.717, 1.165) is 10.0 Å². The van der Waals surface area contributed by atoms with Crippen LogP contribution in [0, 0.1) is 13.8 Å². The van der Waals surface area contributed by atoms with Gasteiger partial charge in [0.15, 0.2) is 6.61 Å². The van der Waals surface area contributed by atoms with E-state index in [1.165, 1.54) is 12.1 Å². The number of sulfonamides is 1. The standard InChI is InChI=1S/C16H16BrClN2O4S/c1-9-5-12(25(19,22)23)7-14(10(9)2)20-16(21)8-24-15-4-3-11(17)6-13(15)18/h3-7H,8H2,1-2H3,(H,20,21)(H2,19,22,23). The number of primary sulfonamides is 1. The molecule has 0 radical (unpaired) electrons. The zero-order valence-corrected chi connectivity index (χ0v) is 16.6. The summed E-state index contributed by atoms with van der Waals surface area (Å²) < 4.78 is 29.2. The number of aryl methyl sites for hydroxylation is 1. The highest BCUT2D eigenvalue weighted by atomic mass is 79.9. The van der Waals surface area contributed by atoms with Crippen molar-refractivity contribution in [2.24, 2.45) is 5.14 Å². The van der Waals surface area contributed by atoms with Crippen LogP contribution in [0.4, 0.5) is 5.69 Å². The third-order valence-corrected chi connectivity index (χ3v) is 5.18. The number of hydrogen-bond donors (Lipinski definition) is 2. The fourth-order valence-corrected chi connectivity index (χ4v) is 3.39. The molecule has 0 aromatic heterocycles. The summed E-state index contributed by atoms with van der Waals surface area (Å²) in [6.07, 6.45) is 0. The molecule has 0 heterocycles. The topological polar surface area (TPSA) is 98.5 Å². The number of ether oxygens (including phenoxy) is 1. The molecule has 6 nitrogen and oxygen atoms in total. The van der Waals surface area contributed by atoms with Gasteiger partial charge in [0.05, 0.1) is 9.92 Å². The van der Waals surface area contributed by atoms with Crippen LogP contribution >= 0.6 is 27.5 Å². The first-order valence-electron chi connectivity index (χ1n) is 7.09. The predicted octanol–water partition coefficient (Wildman–Crippen LogP) is 3.38. The fraction of sp³-hybridized carbons (Fsp3) is 0.188. The summed E-state index contributed by atoms with van der Waals surface area (Å²) in [6, 6.07) is 7.80. The van der Waals surface area contributed by atoms with Crippen molar-refractivity contribution in [3.05, 3.63) is 51.0 Å². The van der Waals surface area contributed by atoms with Gasteiger partial charge in [-0.2, -0.15) is 0 Å². The van der Waals surface area contributed by atoms with Crippen molar-refractivity contribution in [3.8, 4) is 5.75 Å². The molecule has 2 rings (SSSR count). The number of carbonyl (C=O) groups is 1. The summed E-state index contributed by atoms with van der Waals surface area (Å²) in [6.45, 7) is 3.22. The Morgan fingerprint density at radius 3 is 2.56 bits per heavy atom. The molecule has 0 aliphatic carbocycles. The van der Waals surface area contributed by atoms with Crippen molar-refractivity contribution >= 4 is 49.1 Å². The van der Waals surface area contributed by atoms with Gasteiger partial charge in [0, 0.05) is 10.2 Å². The Morgan fingerprint density at radius 2 is 1.96 bits per heavy atom. The van der Waals surface area contributed by atoms with Gasteiger partial charge >= 0.3 is 0 Å². The van der Waals surface area contributed by atoms with Crippen LogP contribution in [0.2, 0.25) is 5.02 Å². The average molecular weight is 448 g/mol. The normalized spacial score (nSPS) is 11.2. The lowest BCUT2D eigenvalue weighted by atomic mass is 10.1. The van der Waals surface area contributed by atoms with Crippen LogP contribution in [-0.4, -0.2) is 20.9 Å². The first kappa shape index (κ1) is 19.7. The smallest absolute Gasteiger partial charge is 0.262 e. The lowest BCUT2D eigenvalue weighted by Gasteiger charge is -2.13. The van der Waals surface area contributed by atoms with E-state index in [9.17, 15) is 13.2 Å². The van der Waals surface area contributed by atoms with Crippen molar-refractivity contribution in [1.82, 2.24) is 0 Å². The highest BCUT2D eigenvalue weighted by molar-refractivity contribution is 9.10. The summed E-state index contributed by atoms with van der Waals surface area (Å²) in [5, 5.41) is 8.15. The monoisotopic (exact) mass is 446 g/mol. The maximum Gasteiger partial charge on any atom is 0.262 e. The van der Waals surface area contributed by atoms with Crippen LogP contribution in [0.1, 0.15) is 11.1 Å². The van der Waals surface area contributed by atoms with Crippen molar-refractivity contribution < 1.29 is 17.9 Å². The molecule has 0 fully saturated rings. The number of amides is 1. The van der Waals surface area contributed by atoms with Gasteiger partial charge in [-0.05, 0) is 55.3 Å². The Hall–Kier alpha value is -1.61. The van der Waals surface area contributed by atoms with Crippen LogP contribution < -0.4 is 15.2 Å². The number of nitrogens with two attached hydrogens (primary N) is 1. The first-order chi connectivity index (χ1) is 11.6. The van der Waals surface area contributed by atoms with Crippen molar-refractivity contribution in [3.63, 3.8) is 0 Å². The van der Waals surface area contributed by atoms with Crippen LogP contribution in [0.5, 0.6) is 5.75 Å². The molecule has 25 heavy (non-hydrogen) atoms. The molecular formula is C16H16BrClN2O4S. The minimum absolute atomic E-state index is 0.0669. The molecule has 0 aliphatic heterocycles. The largest absolute Gasteiger partial charge is 0.482 e. The maximum atomic E-state index is 12.1. The van der Waals surface area contributed by atoms with Gasteiger partial charge in [-0.3, -0.25) is 4.79 Å². The average Bonchev–Trinajstić information content (AvgIpc) is 2.49. The SMILES string of the molecule is Cc1cc(S(N)(=O)=O)cc(NC(=O)COc2ccc(Br)cc2Cl)c1C. The zero-order valence-electron chi connectivity index (χ0n) is 13.5. The van der Waals surface area contributed by atoms with Crippen LogP contribution in [0.15, 0.2) is 39.7 Å². The minimum Gasteiger partial charge on any atom is -0.482 e. The van der Waals surface area contributed by atoms with Gasteiger partial charge < -0.3 is 10.1 Å². The van der Waals surface area contributed by atoms with Crippen molar-refractivity contribution in [2.45, 2.75) is 18.7 Å². The lowest BCUT2D eigenvalue weighted by molar-refractivity contribution is -0.118. The van der Waals surface area contributed by atoms with E-state index < -0.39 is 15.9 Å². The van der Waals surface area contributed by atoms with Crippen molar-refractivity contribution in [1.29, 1.82) is 0 Å². The molecule has 0 spiro atoms. The van der Waals surface area contributed by atoms with E-state index >= 15 is 0 Å². The van der Waals surface area contributed by atoms with Crippen molar-refractivity contribution in [2.75, 3.05) is 11.9 Å². The van der Waals surface area contributed by atoms with Crippen LogP contribution in [0.3, 0.4) is 0 Å². The van der Waals surface area contributed by atoms with E-state index in [0.29, 0.717) is 22.0 Å². The molecule has 0 bridgehead atoms. The van der Waals surface area contributed by atoms with Gasteiger partial charge in [0.1, 0.15) is 5.75 Å². The second-order valence-corrected chi connectivity index (χ2v) is 8.25. The predicted molar refractivity (Wildman–Crippen MR) is 101 cm³/mol. The third kappa shape index (κ3) is 5.18. The van der Waals surface area contributed by atoms with E-state index in [4.69, 9.17) is 21.5 Å². The second kappa shape index (κ2) is 7.74. The molecule has 0 unspecified atom stereocenters. The summed E-state index contributed by atoms with van der Waals surface area (Å²) >= 11 is 9.30. The van der Waals surface area contributed by atoms with Gasteiger partial charge in [-0.15, -0.1) is 0 Å². The molecule has 1 amide bonds.